The summed E-state index contributed by atoms with van der Waals surface area (Å²) in [6, 6.07) is 19.8. The second-order valence-corrected chi connectivity index (χ2v) is 10.7. The molecule has 7 heteroatoms. The maximum Gasteiger partial charge on any atom is 0.310 e. The van der Waals surface area contributed by atoms with Gasteiger partial charge >= 0.3 is 5.97 Å². The molecule has 186 valence electrons. The molecule has 0 bridgehead atoms. The number of carboxylic acids is 1. The number of rotatable bonds is 6. The van der Waals surface area contributed by atoms with Crippen molar-refractivity contribution in [1.82, 2.24) is 4.98 Å². The SMILES string of the molecule is O=C(O)C1(CSC2c3ccccc3COc3ccc(C=Cc4ccc5cc(F)c(F)cc5n4)cc32)CC1. The molecule has 0 saturated heterocycles. The van der Waals surface area contributed by atoms with Crippen LogP contribution in [0.4, 0.5) is 8.78 Å². The van der Waals surface area contributed by atoms with Gasteiger partial charge in [-0.05, 0) is 59.9 Å². The van der Waals surface area contributed by atoms with Crippen LogP contribution in [0.25, 0.3) is 23.1 Å². The van der Waals surface area contributed by atoms with Crippen LogP contribution in [0, 0.1) is 17.0 Å². The van der Waals surface area contributed by atoms with Crippen molar-refractivity contribution in [2.75, 3.05) is 5.75 Å². The molecule has 0 amide bonds. The van der Waals surface area contributed by atoms with Gasteiger partial charge in [-0.3, -0.25) is 4.79 Å². The van der Waals surface area contributed by atoms with Crippen LogP contribution in [-0.2, 0) is 11.4 Å². The molecule has 1 aliphatic heterocycles. The largest absolute Gasteiger partial charge is 0.489 e. The van der Waals surface area contributed by atoms with E-state index in [4.69, 9.17) is 4.74 Å². The van der Waals surface area contributed by atoms with Gasteiger partial charge in [0.2, 0.25) is 0 Å². The summed E-state index contributed by atoms with van der Waals surface area (Å²) in [4.78, 5) is 16.3. The van der Waals surface area contributed by atoms with E-state index in [1.807, 2.05) is 36.4 Å². The van der Waals surface area contributed by atoms with Gasteiger partial charge in [0.05, 0.1) is 21.9 Å². The number of hydrogen-bond acceptors (Lipinski definition) is 4. The number of aromatic nitrogens is 1. The van der Waals surface area contributed by atoms with E-state index < -0.39 is 23.0 Å². The highest BCUT2D eigenvalue weighted by atomic mass is 32.2. The third kappa shape index (κ3) is 4.60. The minimum atomic E-state index is -0.924. The first-order valence-corrected chi connectivity index (χ1v) is 13.1. The van der Waals surface area contributed by atoms with Gasteiger partial charge in [-0.25, -0.2) is 13.8 Å². The van der Waals surface area contributed by atoms with Crippen LogP contribution in [0.3, 0.4) is 0 Å². The lowest BCUT2D eigenvalue weighted by Gasteiger charge is -2.21. The number of halogens is 2. The van der Waals surface area contributed by atoms with E-state index in [1.165, 1.54) is 0 Å². The molecule has 1 aliphatic carbocycles. The Hall–Kier alpha value is -3.71. The van der Waals surface area contributed by atoms with Gasteiger partial charge in [-0.1, -0.05) is 42.5 Å². The Morgan fingerprint density at radius 1 is 1.03 bits per heavy atom. The third-order valence-electron chi connectivity index (χ3n) is 7.07. The second kappa shape index (κ2) is 9.30. The maximum absolute atomic E-state index is 13.7. The standard InChI is InChI=1S/C30H23F2NO3S/c31-24-14-19-7-9-21(33-26(19)15-25(24)32)8-5-18-6-10-27-23(13-18)28(37-17-30(11-12-30)29(34)35)22-4-2-1-3-20(22)16-36-27/h1-10,13-15,28H,11-12,16-17H2,(H,34,35). The summed E-state index contributed by atoms with van der Waals surface area (Å²) in [6.07, 6.45) is 5.18. The normalized spacial score (nSPS) is 17.6. The number of hydrogen-bond donors (Lipinski definition) is 1. The van der Waals surface area contributed by atoms with Gasteiger partial charge in [-0.2, -0.15) is 0 Å². The third-order valence-corrected chi connectivity index (χ3v) is 8.63. The lowest BCUT2D eigenvalue weighted by molar-refractivity contribution is -0.142. The Balaban J connectivity index is 1.33. The first-order chi connectivity index (χ1) is 17.9. The van der Waals surface area contributed by atoms with Gasteiger partial charge < -0.3 is 9.84 Å². The number of aliphatic carboxylic acids is 1. The molecule has 0 radical (unpaired) electrons. The van der Waals surface area contributed by atoms with Crippen molar-refractivity contribution in [3.8, 4) is 5.75 Å². The minimum absolute atomic E-state index is 0.0597. The van der Waals surface area contributed by atoms with Crippen molar-refractivity contribution in [3.63, 3.8) is 0 Å². The van der Waals surface area contributed by atoms with Crippen LogP contribution in [0.2, 0.25) is 0 Å². The fourth-order valence-electron chi connectivity index (χ4n) is 4.65. The van der Waals surface area contributed by atoms with Crippen LogP contribution < -0.4 is 4.74 Å². The summed E-state index contributed by atoms with van der Waals surface area (Å²) in [7, 11) is 0. The quantitative estimate of drug-likeness (QED) is 0.293. The zero-order valence-electron chi connectivity index (χ0n) is 19.8. The average molecular weight is 516 g/mol. The number of carboxylic acid groups (broad SMARTS) is 1. The van der Waals surface area contributed by atoms with E-state index in [1.54, 1.807) is 23.9 Å². The molecular weight excluding hydrogens is 492 g/mol. The van der Waals surface area contributed by atoms with Crippen LogP contribution >= 0.6 is 11.8 Å². The zero-order valence-corrected chi connectivity index (χ0v) is 20.6. The molecule has 3 aromatic carbocycles. The van der Waals surface area contributed by atoms with Crippen molar-refractivity contribution < 1.29 is 23.4 Å². The minimum Gasteiger partial charge on any atom is -0.489 e. The summed E-state index contributed by atoms with van der Waals surface area (Å²) in [5.41, 5.74) is 4.54. The van der Waals surface area contributed by atoms with E-state index in [0.717, 1.165) is 40.1 Å². The predicted molar refractivity (Wildman–Crippen MR) is 141 cm³/mol. The van der Waals surface area contributed by atoms with Crippen molar-refractivity contribution in [2.24, 2.45) is 5.41 Å². The highest BCUT2D eigenvalue weighted by molar-refractivity contribution is 7.99. The Labute approximate surface area is 217 Å². The van der Waals surface area contributed by atoms with E-state index >= 15 is 0 Å². The monoisotopic (exact) mass is 515 g/mol. The number of ether oxygens (including phenoxy) is 1. The van der Waals surface area contributed by atoms with Gasteiger partial charge in [0.1, 0.15) is 12.4 Å². The molecule has 2 heterocycles. The Bertz CT molecular complexity index is 1560. The van der Waals surface area contributed by atoms with Crippen molar-refractivity contribution in [1.29, 1.82) is 0 Å². The fourth-order valence-corrected chi connectivity index (χ4v) is 6.32. The number of pyridine rings is 1. The van der Waals surface area contributed by atoms with Crippen molar-refractivity contribution >= 4 is 40.8 Å². The second-order valence-electron chi connectivity index (χ2n) is 9.59. The van der Waals surface area contributed by atoms with Gasteiger partial charge in [-0.15, -0.1) is 11.8 Å². The summed E-state index contributed by atoms with van der Waals surface area (Å²) in [5, 5.41) is 10.2. The Morgan fingerprint density at radius 3 is 2.65 bits per heavy atom. The Morgan fingerprint density at radius 2 is 1.84 bits per heavy atom. The van der Waals surface area contributed by atoms with Gasteiger partial charge in [0.15, 0.2) is 11.6 Å². The first-order valence-electron chi connectivity index (χ1n) is 12.1. The van der Waals surface area contributed by atoms with Crippen LogP contribution in [0.5, 0.6) is 5.75 Å². The maximum atomic E-state index is 13.7. The molecule has 1 unspecified atom stereocenters. The average Bonchev–Trinajstić information content (AvgIpc) is 3.71. The summed E-state index contributed by atoms with van der Waals surface area (Å²) < 4.78 is 33.3. The predicted octanol–water partition coefficient (Wildman–Crippen LogP) is 7.26. The molecule has 4 nitrogen and oxygen atoms in total. The van der Waals surface area contributed by atoms with E-state index in [9.17, 15) is 18.7 Å². The number of fused-ring (bicyclic) bond motifs is 3. The van der Waals surface area contributed by atoms with Crippen LogP contribution in [0.1, 0.15) is 46.0 Å². The molecule has 2 aliphatic rings. The molecule has 1 aromatic heterocycles. The van der Waals surface area contributed by atoms with Crippen LogP contribution in [0.15, 0.2) is 66.7 Å². The molecule has 1 N–H and O–H groups in total. The van der Waals surface area contributed by atoms with Gasteiger partial charge in [0.25, 0.3) is 0 Å². The summed E-state index contributed by atoms with van der Waals surface area (Å²) in [5.74, 6) is -1.21. The molecule has 1 fully saturated rings. The summed E-state index contributed by atoms with van der Waals surface area (Å²) in [6.45, 7) is 0.456. The number of nitrogens with zero attached hydrogens (tertiary/aromatic N) is 1. The number of thioether (sulfide) groups is 1. The molecule has 4 aromatic rings. The zero-order chi connectivity index (χ0) is 25.6. The van der Waals surface area contributed by atoms with E-state index in [2.05, 4.69) is 23.2 Å². The molecule has 37 heavy (non-hydrogen) atoms. The van der Waals surface area contributed by atoms with E-state index in [0.29, 0.717) is 41.8 Å². The lowest BCUT2D eigenvalue weighted by atomic mass is 9.98. The number of carbonyl (C=O) groups is 1. The van der Waals surface area contributed by atoms with Crippen molar-refractivity contribution in [3.05, 3.63) is 106 Å². The molecule has 1 saturated carbocycles. The molecule has 1 atom stereocenters. The van der Waals surface area contributed by atoms with Gasteiger partial charge in [0, 0.05) is 22.8 Å². The molecule has 6 rings (SSSR count). The lowest BCUT2D eigenvalue weighted by Crippen LogP contribution is -2.18. The highest BCUT2D eigenvalue weighted by Gasteiger charge is 2.50. The Kier molecular flexibility index (Phi) is 5.95. The smallest absolute Gasteiger partial charge is 0.310 e. The van der Waals surface area contributed by atoms with E-state index in [-0.39, 0.29) is 5.25 Å². The highest BCUT2D eigenvalue weighted by Crippen LogP contribution is 2.53. The first kappa shape index (κ1) is 23.7. The topological polar surface area (TPSA) is 59.4 Å². The molecular formula is C30H23F2NO3S. The van der Waals surface area contributed by atoms with Crippen molar-refractivity contribution in [2.45, 2.75) is 24.7 Å². The van der Waals surface area contributed by atoms with Crippen LogP contribution in [-0.4, -0.2) is 21.8 Å². The summed E-state index contributed by atoms with van der Waals surface area (Å²) >= 11 is 1.66. The fraction of sp³-hybridized carbons (Fsp3) is 0.200. The number of benzene rings is 3. The molecule has 0 spiro atoms.